The van der Waals surface area contributed by atoms with E-state index in [1.54, 1.807) is 7.11 Å². The van der Waals surface area contributed by atoms with Gasteiger partial charge in [-0.05, 0) is 36.6 Å². The summed E-state index contributed by atoms with van der Waals surface area (Å²) in [5.41, 5.74) is 0.936. The van der Waals surface area contributed by atoms with Gasteiger partial charge in [0.15, 0.2) is 0 Å². The second-order valence-corrected chi connectivity index (χ2v) is 6.61. The molecule has 0 saturated heterocycles. The summed E-state index contributed by atoms with van der Waals surface area (Å²) in [6, 6.07) is 2.02. The Balaban J connectivity index is 2.01. The molecule has 1 fully saturated rings. The normalized spacial score (nSPS) is 17.6. The number of aliphatic hydroxyl groups is 1. The Morgan fingerprint density at radius 1 is 1.48 bits per heavy atom. The van der Waals surface area contributed by atoms with Crippen molar-refractivity contribution >= 4 is 17.2 Å². The fourth-order valence-electron chi connectivity index (χ4n) is 3.14. The van der Waals surface area contributed by atoms with Crippen molar-refractivity contribution in [3.63, 3.8) is 0 Å². The van der Waals surface area contributed by atoms with Gasteiger partial charge in [0.2, 0.25) is 0 Å². The van der Waals surface area contributed by atoms with Crippen molar-refractivity contribution in [2.75, 3.05) is 13.7 Å². The maximum atomic E-state index is 12.5. The highest BCUT2D eigenvalue weighted by Crippen LogP contribution is 2.28. The van der Waals surface area contributed by atoms with Crippen molar-refractivity contribution in [1.82, 2.24) is 5.32 Å². The minimum Gasteiger partial charge on any atom is -0.396 e. The first-order valence-electron chi connectivity index (χ1n) is 7.73. The molecule has 0 radical (unpaired) electrons. The van der Waals surface area contributed by atoms with Crippen molar-refractivity contribution < 1.29 is 14.6 Å². The molecule has 1 aliphatic carbocycles. The van der Waals surface area contributed by atoms with Gasteiger partial charge in [-0.1, -0.05) is 19.3 Å². The molecule has 1 saturated carbocycles. The molecule has 0 spiro atoms. The van der Waals surface area contributed by atoms with Gasteiger partial charge < -0.3 is 15.2 Å². The Bertz CT molecular complexity index is 440. The zero-order valence-corrected chi connectivity index (χ0v) is 13.5. The number of aliphatic hydroxyl groups excluding tert-OH is 1. The fraction of sp³-hybridized carbons (Fsp3) is 0.688. The third kappa shape index (κ3) is 4.53. The topological polar surface area (TPSA) is 58.6 Å². The molecule has 1 heterocycles. The van der Waals surface area contributed by atoms with Crippen LogP contribution in [0, 0.1) is 5.92 Å². The molecule has 2 N–H and O–H groups in total. The van der Waals surface area contributed by atoms with E-state index in [1.807, 2.05) is 11.4 Å². The van der Waals surface area contributed by atoms with Crippen LogP contribution in [0.15, 0.2) is 11.4 Å². The highest BCUT2D eigenvalue weighted by molar-refractivity contribution is 7.12. The van der Waals surface area contributed by atoms with Gasteiger partial charge in [0.25, 0.3) is 5.91 Å². The number of thiophene rings is 1. The van der Waals surface area contributed by atoms with Crippen LogP contribution in [0.2, 0.25) is 0 Å². The maximum Gasteiger partial charge on any atom is 0.261 e. The predicted octanol–water partition coefficient (Wildman–Crippen LogP) is 2.96. The molecule has 21 heavy (non-hydrogen) atoms. The lowest BCUT2D eigenvalue weighted by molar-refractivity contribution is 0.0899. The van der Waals surface area contributed by atoms with Gasteiger partial charge in [-0.3, -0.25) is 4.79 Å². The van der Waals surface area contributed by atoms with Crippen LogP contribution >= 0.6 is 11.3 Å². The molecule has 4 nitrogen and oxygen atoms in total. The fourth-order valence-corrected chi connectivity index (χ4v) is 3.95. The molecule has 0 aromatic carbocycles. The number of amides is 1. The van der Waals surface area contributed by atoms with E-state index in [0.717, 1.165) is 23.3 Å². The number of carbonyl (C=O) groups excluding carboxylic acids is 1. The zero-order valence-electron chi connectivity index (χ0n) is 12.6. The average molecular weight is 311 g/mol. The van der Waals surface area contributed by atoms with Gasteiger partial charge in [0.1, 0.15) is 0 Å². The number of ether oxygens (including phenoxy) is 1. The summed E-state index contributed by atoms with van der Waals surface area (Å²) in [6.07, 6.45) is 6.70. The van der Waals surface area contributed by atoms with Gasteiger partial charge in [-0.25, -0.2) is 0 Å². The van der Waals surface area contributed by atoms with Gasteiger partial charge in [-0.15, -0.1) is 11.3 Å². The highest BCUT2D eigenvalue weighted by atomic mass is 32.1. The van der Waals surface area contributed by atoms with E-state index < -0.39 is 0 Å². The quantitative estimate of drug-likeness (QED) is 0.814. The van der Waals surface area contributed by atoms with Crippen molar-refractivity contribution in [3.05, 3.63) is 21.9 Å². The molecule has 1 aromatic rings. The first-order chi connectivity index (χ1) is 10.3. The summed E-state index contributed by atoms with van der Waals surface area (Å²) < 4.78 is 5.13. The van der Waals surface area contributed by atoms with E-state index >= 15 is 0 Å². The SMILES string of the molecule is COCc1ccsc1C(=O)NC(CCO)C1CCCCC1. The first-order valence-corrected chi connectivity index (χ1v) is 8.61. The first kappa shape index (κ1) is 16.5. The Morgan fingerprint density at radius 3 is 2.90 bits per heavy atom. The average Bonchev–Trinajstić information content (AvgIpc) is 2.96. The van der Waals surface area contributed by atoms with Crippen LogP contribution in [0.4, 0.5) is 0 Å². The number of carbonyl (C=O) groups is 1. The maximum absolute atomic E-state index is 12.5. The molecule has 1 unspecified atom stereocenters. The standard InChI is InChI=1S/C16H25NO3S/c1-20-11-13-8-10-21-15(13)16(19)17-14(7-9-18)12-5-3-2-4-6-12/h8,10,12,14,18H,2-7,9,11H2,1H3,(H,17,19). The Hall–Kier alpha value is -0.910. The number of rotatable bonds is 7. The highest BCUT2D eigenvalue weighted by Gasteiger charge is 2.26. The van der Waals surface area contributed by atoms with E-state index in [0.29, 0.717) is 18.9 Å². The Kier molecular flexibility index (Phi) is 6.67. The van der Waals surface area contributed by atoms with Gasteiger partial charge >= 0.3 is 0 Å². The summed E-state index contributed by atoms with van der Waals surface area (Å²) >= 11 is 1.45. The van der Waals surface area contributed by atoms with Crippen LogP contribution < -0.4 is 5.32 Å². The monoisotopic (exact) mass is 311 g/mol. The van der Waals surface area contributed by atoms with Gasteiger partial charge in [-0.2, -0.15) is 0 Å². The van der Waals surface area contributed by atoms with E-state index in [9.17, 15) is 9.90 Å². The smallest absolute Gasteiger partial charge is 0.261 e. The van der Waals surface area contributed by atoms with Crippen molar-refractivity contribution in [1.29, 1.82) is 0 Å². The molecule has 0 bridgehead atoms. The lowest BCUT2D eigenvalue weighted by Gasteiger charge is -2.30. The lowest BCUT2D eigenvalue weighted by atomic mass is 9.82. The lowest BCUT2D eigenvalue weighted by Crippen LogP contribution is -2.41. The number of hydrogen-bond donors (Lipinski definition) is 2. The number of nitrogens with one attached hydrogen (secondary N) is 1. The molecular weight excluding hydrogens is 286 g/mol. The molecule has 0 aliphatic heterocycles. The van der Waals surface area contributed by atoms with Crippen LogP contribution in [0.25, 0.3) is 0 Å². The second-order valence-electron chi connectivity index (χ2n) is 5.70. The van der Waals surface area contributed by atoms with Crippen molar-refractivity contribution in [2.24, 2.45) is 5.92 Å². The molecule has 1 aromatic heterocycles. The van der Waals surface area contributed by atoms with Crippen molar-refractivity contribution in [3.8, 4) is 0 Å². The second kappa shape index (κ2) is 8.51. The molecule has 1 amide bonds. The van der Waals surface area contributed by atoms with Crippen LogP contribution in [0.3, 0.4) is 0 Å². The summed E-state index contributed by atoms with van der Waals surface area (Å²) in [4.78, 5) is 13.2. The van der Waals surface area contributed by atoms with Crippen LogP contribution in [-0.4, -0.2) is 30.8 Å². The van der Waals surface area contributed by atoms with E-state index in [2.05, 4.69) is 5.32 Å². The number of methoxy groups -OCH3 is 1. The Morgan fingerprint density at radius 2 is 2.24 bits per heavy atom. The third-order valence-corrected chi connectivity index (χ3v) is 5.18. The molecule has 118 valence electrons. The molecule has 1 aliphatic rings. The molecular formula is C16H25NO3S. The summed E-state index contributed by atoms with van der Waals surface area (Å²) in [7, 11) is 1.63. The summed E-state index contributed by atoms with van der Waals surface area (Å²) in [5, 5.41) is 14.3. The van der Waals surface area contributed by atoms with E-state index in [-0.39, 0.29) is 18.6 Å². The van der Waals surface area contributed by atoms with Crippen LogP contribution in [-0.2, 0) is 11.3 Å². The predicted molar refractivity (Wildman–Crippen MR) is 84.6 cm³/mol. The van der Waals surface area contributed by atoms with E-state index in [1.165, 1.54) is 30.6 Å². The van der Waals surface area contributed by atoms with Gasteiger partial charge in [0.05, 0.1) is 11.5 Å². The zero-order chi connectivity index (χ0) is 15.1. The molecule has 5 heteroatoms. The molecule has 1 atom stereocenters. The Labute approximate surface area is 130 Å². The van der Waals surface area contributed by atoms with Crippen LogP contribution in [0.1, 0.15) is 53.8 Å². The minimum atomic E-state index is -0.0268. The number of hydrogen-bond acceptors (Lipinski definition) is 4. The summed E-state index contributed by atoms with van der Waals surface area (Å²) in [6.45, 7) is 0.581. The third-order valence-electron chi connectivity index (χ3n) is 4.23. The van der Waals surface area contributed by atoms with Gasteiger partial charge in [0, 0.05) is 25.3 Å². The largest absolute Gasteiger partial charge is 0.396 e. The van der Waals surface area contributed by atoms with E-state index in [4.69, 9.17) is 4.74 Å². The molecule has 2 rings (SSSR count). The summed E-state index contributed by atoms with van der Waals surface area (Å²) in [5.74, 6) is 0.474. The van der Waals surface area contributed by atoms with Crippen LogP contribution in [0.5, 0.6) is 0 Å². The van der Waals surface area contributed by atoms with Crippen molar-refractivity contribution in [2.45, 2.75) is 51.2 Å². The minimum absolute atomic E-state index is 0.0268.